The Labute approximate surface area is 113 Å². The highest BCUT2D eigenvalue weighted by molar-refractivity contribution is 5.83. The highest BCUT2D eigenvalue weighted by Crippen LogP contribution is 2.46. The number of carboxylic acids is 1. The average Bonchev–Trinajstić information content (AvgIpc) is 2.39. The molecule has 1 saturated heterocycles. The molecule has 1 N–H and O–H groups in total. The van der Waals surface area contributed by atoms with Gasteiger partial charge in [-0.05, 0) is 0 Å². The summed E-state index contributed by atoms with van der Waals surface area (Å²) in [6, 6.07) is 0. The van der Waals surface area contributed by atoms with Crippen LogP contribution in [-0.2, 0) is 19.1 Å². The summed E-state index contributed by atoms with van der Waals surface area (Å²) in [5, 5.41) is 7.91. The minimum atomic E-state index is -6.44. The van der Waals surface area contributed by atoms with Crippen LogP contribution in [0, 0.1) is 0 Å². The quantitative estimate of drug-likeness (QED) is 0.615. The van der Waals surface area contributed by atoms with Crippen LogP contribution in [0.15, 0.2) is 0 Å². The molecule has 0 aliphatic carbocycles. The Bertz CT molecular complexity index is 418. The molecule has 0 unspecified atom stereocenters. The normalized spacial score (nSPS) is 18.4. The summed E-state index contributed by atoms with van der Waals surface area (Å²) in [5.41, 5.74) is 0. The lowest BCUT2D eigenvalue weighted by Gasteiger charge is -2.30. The second-order valence-electron chi connectivity index (χ2n) is 4.25. The fourth-order valence-electron chi connectivity index (χ4n) is 1.48. The Morgan fingerprint density at radius 1 is 1.00 bits per heavy atom. The molecule has 0 radical (unpaired) electrons. The van der Waals surface area contributed by atoms with Crippen molar-refractivity contribution in [2.24, 2.45) is 0 Å². The first-order valence-electron chi connectivity index (χ1n) is 5.60. The van der Waals surface area contributed by atoms with Crippen molar-refractivity contribution < 1.29 is 50.5 Å². The monoisotopic (exact) mass is 324 g/mol. The van der Waals surface area contributed by atoms with Gasteiger partial charge in [-0.2, -0.15) is 26.3 Å². The van der Waals surface area contributed by atoms with E-state index in [4.69, 9.17) is 9.84 Å². The first kappa shape index (κ1) is 17.5. The van der Waals surface area contributed by atoms with Crippen LogP contribution in [-0.4, -0.2) is 54.1 Å². The molecule has 1 heterocycles. The lowest BCUT2D eigenvalue weighted by molar-refractivity contribution is -0.301. The van der Waals surface area contributed by atoms with Gasteiger partial charge < -0.3 is 14.6 Å². The minimum Gasteiger partial charge on any atom is -0.477 e. The third kappa shape index (κ3) is 3.06. The molecular formula is C10H10F6O5. The molecule has 21 heavy (non-hydrogen) atoms. The van der Waals surface area contributed by atoms with Crippen LogP contribution in [0.5, 0.6) is 0 Å². The Kier molecular flexibility index (Phi) is 4.76. The lowest BCUT2D eigenvalue weighted by atomic mass is 10.0. The number of hydrogen-bond acceptors (Lipinski definition) is 4. The van der Waals surface area contributed by atoms with E-state index in [1.54, 1.807) is 0 Å². The van der Waals surface area contributed by atoms with E-state index in [9.17, 15) is 35.9 Å². The van der Waals surface area contributed by atoms with Gasteiger partial charge in [-0.25, -0.2) is 9.59 Å². The molecule has 11 heteroatoms. The average molecular weight is 324 g/mol. The highest BCUT2D eigenvalue weighted by Gasteiger charge is 2.79. The second kappa shape index (κ2) is 5.70. The van der Waals surface area contributed by atoms with Gasteiger partial charge in [0.15, 0.2) is 0 Å². The van der Waals surface area contributed by atoms with E-state index in [1.807, 2.05) is 0 Å². The van der Waals surface area contributed by atoms with Crippen LogP contribution in [0.25, 0.3) is 0 Å². The summed E-state index contributed by atoms with van der Waals surface area (Å²) >= 11 is 0. The van der Waals surface area contributed by atoms with E-state index in [-0.39, 0.29) is 26.1 Å². The number of alkyl halides is 6. The van der Waals surface area contributed by atoms with Crippen molar-refractivity contribution in [1.82, 2.24) is 0 Å². The SMILES string of the molecule is O=C(O)C(F)(F)C(F)(F)C(F)(F)C(=O)OC1CCOCC1. The van der Waals surface area contributed by atoms with E-state index >= 15 is 0 Å². The number of ether oxygens (including phenoxy) is 2. The lowest BCUT2D eigenvalue weighted by Crippen LogP contribution is -2.61. The molecule has 1 rings (SSSR count). The summed E-state index contributed by atoms with van der Waals surface area (Å²) in [5.74, 6) is -24.9. The van der Waals surface area contributed by atoms with Gasteiger partial charge in [-0.15, -0.1) is 0 Å². The maximum absolute atomic E-state index is 13.2. The first-order chi connectivity index (χ1) is 9.44. The Hall–Kier alpha value is -1.52. The molecule has 0 amide bonds. The summed E-state index contributed by atoms with van der Waals surface area (Å²) in [4.78, 5) is 21.0. The molecule has 1 aliphatic heterocycles. The Morgan fingerprint density at radius 3 is 1.90 bits per heavy atom. The van der Waals surface area contributed by atoms with Crippen molar-refractivity contribution in [3.63, 3.8) is 0 Å². The number of carbonyl (C=O) groups excluding carboxylic acids is 1. The van der Waals surface area contributed by atoms with Gasteiger partial charge in [0.05, 0.1) is 13.2 Å². The van der Waals surface area contributed by atoms with E-state index in [0.717, 1.165) is 0 Å². The topological polar surface area (TPSA) is 72.8 Å². The van der Waals surface area contributed by atoms with Gasteiger partial charge in [0, 0.05) is 12.8 Å². The fraction of sp³-hybridized carbons (Fsp3) is 0.800. The Balaban J connectivity index is 2.91. The molecule has 0 aromatic carbocycles. The van der Waals surface area contributed by atoms with Gasteiger partial charge in [0.2, 0.25) is 0 Å². The Morgan fingerprint density at radius 2 is 1.48 bits per heavy atom. The number of halogens is 6. The maximum atomic E-state index is 13.2. The number of rotatable bonds is 5. The van der Waals surface area contributed by atoms with Crippen LogP contribution in [0.3, 0.4) is 0 Å². The van der Waals surface area contributed by atoms with Crippen LogP contribution >= 0.6 is 0 Å². The molecule has 1 aliphatic rings. The molecule has 0 spiro atoms. The van der Waals surface area contributed by atoms with Crippen LogP contribution < -0.4 is 0 Å². The van der Waals surface area contributed by atoms with Crippen LogP contribution in [0.1, 0.15) is 12.8 Å². The zero-order chi connectivity index (χ0) is 16.5. The summed E-state index contributed by atoms with van der Waals surface area (Å²) < 4.78 is 86.7. The predicted molar refractivity (Wildman–Crippen MR) is 52.4 cm³/mol. The largest absolute Gasteiger partial charge is 0.477 e. The minimum absolute atomic E-state index is 0.0190. The van der Waals surface area contributed by atoms with Gasteiger partial charge in [-0.1, -0.05) is 0 Å². The van der Waals surface area contributed by atoms with Gasteiger partial charge >= 0.3 is 29.7 Å². The van der Waals surface area contributed by atoms with E-state index in [2.05, 4.69) is 4.74 Å². The number of esters is 1. The molecule has 0 aromatic heterocycles. The van der Waals surface area contributed by atoms with Crippen LogP contribution in [0.4, 0.5) is 26.3 Å². The maximum Gasteiger partial charge on any atom is 0.411 e. The number of aliphatic carboxylic acids is 1. The molecule has 0 aromatic rings. The number of carboxylic acid groups (broad SMARTS) is 1. The van der Waals surface area contributed by atoms with Crippen molar-refractivity contribution in [2.45, 2.75) is 36.7 Å². The van der Waals surface area contributed by atoms with Crippen molar-refractivity contribution in [3.8, 4) is 0 Å². The first-order valence-corrected chi connectivity index (χ1v) is 5.60. The number of hydrogen-bond donors (Lipinski definition) is 1. The zero-order valence-electron chi connectivity index (χ0n) is 10.3. The molecule has 5 nitrogen and oxygen atoms in total. The van der Waals surface area contributed by atoms with Crippen molar-refractivity contribution >= 4 is 11.9 Å². The van der Waals surface area contributed by atoms with Gasteiger partial charge in [-0.3, -0.25) is 0 Å². The molecular weight excluding hydrogens is 314 g/mol. The van der Waals surface area contributed by atoms with Crippen molar-refractivity contribution in [2.75, 3.05) is 13.2 Å². The zero-order valence-corrected chi connectivity index (χ0v) is 10.3. The highest BCUT2D eigenvalue weighted by atomic mass is 19.3. The third-order valence-corrected chi connectivity index (χ3v) is 2.76. The van der Waals surface area contributed by atoms with Gasteiger partial charge in [0.1, 0.15) is 6.10 Å². The summed E-state index contributed by atoms with van der Waals surface area (Å²) in [6.45, 7) is 0.0381. The molecule has 122 valence electrons. The van der Waals surface area contributed by atoms with Crippen LogP contribution in [0.2, 0.25) is 0 Å². The molecule has 0 saturated carbocycles. The van der Waals surface area contributed by atoms with E-state index in [1.165, 1.54) is 0 Å². The van der Waals surface area contributed by atoms with Gasteiger partial charge in [0.25, 0.3) is 0 Å². The second-order valence-corrected chi connectivity index (χ2v) is 4.25. The third-order valence-electron chi connectivity index (χ3n) is 2.76. The summed E-state index contributed by atoms with van der Waals surface area (Å²) in [6.07, 6.45) is -1.32. The molecule has 1 fully saturated rings. The van der Waals surface area contributed by atoms with E-state index in [0.29, 0.717) is 0 Å². The van der Waals surface area contributed by atoms with E-state index < -0.39 is 35.8 Å². The molecule has 0 atom stereocenters. The van der Waals surface area contributed by atoms with Crippen molar-refractivity contribution in [1.29, 1.82) is 0 Å². The number of carbonyl (C=O) groups is 2. The predicted octanol–water partition coefficient (Wildman–Crippen LogP) is 1.70. The molecule has 0 bridgehead atoms. The van der Waals surface area contributed by atoms with Crippen molar-refractivity contribution in [3.05, 3.63) is 0 Å². The smallest absolute Gasteiger partial charge is 0.411 e. The fourth-order valence-corrected chi connectivity index (χ4v) is 1.48. The summed E-state index contributed by atoms with van der Waals surface area (Å²) in [7, 11) is 0. The standard InChI is InChI=1S/C10H10F6O5/c11-8(12,6(17)18)10(15,16)9(13,14)7(19)21-5-1-3-20-4-2-5/h5H,1-4H2,(H,17,18).